The molecule has 2 nitrogen and oxygen atoms in total. The molecule has 0 radical (unpaired) electrons. The van der Waals surface area contributed by atoms with Crippen molar-refractivity contribution in [2.45, 2.75) is 19.9 Å². The molecule has 0 aliphatic rings. The zero-order valence-electron chi connectivity index (χ0n) is 11.0. The van der Waals surface area contributed by atoms with Crippen LogP contribution in [0.15, 0.2) is 28.7 Å². The molecule has 0 heterocycles. The van der Waals surface area contributed by atoms with Gasteiger partial charge in [0.1, 0.15) is 0 Å². The van der Waals surface area contributed by atoms with Crippen molar-refractivity contribution in [3.63, 3.8) is 0 Å². The molecule has 17 heavy (non-hydrogen) atoms. The second kappa shape index (κ2) is 6.53. The Bertz CT molecular complexity index is 335. The van der Waals surface area contributed by atoms with E-state index in [1.54, 1.807) is 0 Å². The van der Waals surface area contributed by atoms with Gasteiger partial charge >= 0.3 is 0 Å². The molecule has 0 aliphatic heterocycles. The maximum Gasteiger partial charge on any atom is 0.0480 e. The molecule has 2 atom stereocenters. The summed E-state index contributed by atoms with van der Waals surface area (Å²) in [6.45, 7) is 4.54. The summed E-state index contributed by atoms with van der Waals surface area (Å²) in [5.74, 6) is 0.710. The van der Waals surface area contributed by atoms with Gasteiger partial charge in [0.15, 0.2) is 0 Å². The van der Waals surface area contributed by atoms with E-state index in [1.165, 1.54) is 5.56 Å². The highest BCUT2D eigenvalue weighted by molar-refractivity contribution is 9.10. The summed E-state index contributed by atoms with van der Waals surface area (Å²) >= 11 is 3.45. The van der Waals surface area contributed by atoms with Crippen LogP contribution in [0.25, 0.3) is 0 Å². The summed E-state index contributed by atoms with van der Waals surface area (Å²) in [6, 6.07) is 8.62. The van der Waals surface area contributed by atoms with Crippen molar-refractivity contribution in [1.29, 1.82) is 0 Å². The average molecular weight is 300 g/mol. The zero-order chi connectivity index (χ0) is 13.0. The minimum Gasteiger partial charge on any atom is -0.396 e. The number of nitrogens with zero attached hydrogens (tertiary/aromatic N) is 1. The van der Waals surface area contributed by atoms with Crippen LogP contribution in [0.1, 0.15) is 25.5 Å². The van der Waals surface area contributed by atoms with Gasteiger partial charge in [-0.1, -0.05) is 41.9 Å². The Labute approximate surface area is 113 Å². The van der Waals surface area contributed by atoms with E-state index >= 15 is 0 Å². The van der Waals surface area contributed by atoms with Crippen molar-refractivity contribution >= 4 is 15.9 Å². The van der Waals surface area contributed by atoms with Gasteiger partial charge in [-0.2, -0.15) is 0 Å². The maximum absolute atomic E-state index is 9.60. The molecular weight excluding hydrogens is 278 g/mol. The van der Waals surface area contributed by atoms with Crippen molar-refractivity contribution in [2.75, 3.05) is 20.7 Å². The van der Waals surface area contributed by atoms with Crippen LogP contribution in [0.2, 0.25) is 0 Å². The van der Waals surface area contributed by atoms with Crippen molar-refractivity contribution in [1.82, 2.24) is 4.90 Å². The van der Waals surface area contributed by atoms with E-state index in [2.05, 4.69) is 73.0 Å². The van der Waals surface area contributed by atoms with Crippen LogP contribution in [0.4, 0.5) is 0 Å². The Hall–Kier alpha value is -0.380. The Morgan fingerprint density at radius 1 is 1.18 bits per heavy atom. The second-order valence-electron chi connectivity index (χ2n) is 5.05. The summed E-state index contributed by atoms with van der Waals surface area (Å²) in [5, 5.41) is 9.60. The van der Waals surface area contributed by atoms with Crippen LogP contribution in [-0.2, 0) is 0 Å². The van der Waals surface area contributed by atoms with Crippen molar-refractivity contribution in [2.24, 2.45) is 11.8 Å². The molecule has 0 spiro atoms. The van der Waals surface area contributed by atoms with Gasteiger partial charge in [0.2, 0.25) is 0 Å². The lowest BCUT2D eigenvalue weighted by atomic mass is 9.84. The van der Waals surface area contributed by atoms with Gasteiger partial charge in [0.05, 0.1) is 0 Å². The molecule has 0 bridgehead atoms. The van der Waals surface area contributed by atoms with Crippen molar-refractivity contribution in [3.05, 3.63) is 34.3 Å². The summed E-state index contributed by atoms with van der Waals surface area (Å²) in [4.78, 5) is 2.18. The average Bonchev–Trinajstić information content (AvgIpc) is 2.26. The number of rotatable bonds is 5. The third kappa shape index (κ3) is 3.80. The zero-order valence-corrected chi connectivity index (χ0v) is 12.6. The van der Waals surface area contributed by atoms with Crippen LogP contribution in [0, 0.1) is 11.8 Å². The molecule has 1 aromatic carbocycles. The first kappa shape index (κ1) is 14.7. The fourth-order valence-corrected chi connectivity index (χ4v) is 2.53. The SMILES string of the molecule is CC(C)C(CO)C(c1ccc(Br)cc1)N(C)C. The quantitative estimate of drug-likeness (QED) is 0.902. The predicted octanol–water partition coefficient (Wildman–Crippen LogP) is 3.32. The maximum atomic E-state index is 9.60. The van der Waals surface area contributed by atoms with E-state index in [0.717, 1.165) is 4.47 Å². The number of hydrogen-bond donors (Lipinski definition) is 1. The van der Waals surface area contributed by atoms with Crippen molar-refractivity contribution in [3.8, 4) is 0 Å². The lowest BCUT2D eigenvalue weighted by Crippen LogP contribution is -2.32. The fourth-order valence-electron chi connectivity index (χ4n) is 2.26. The van der Waals surface area contributed by atoms with E-state index in [1.807, 2.05) is 0 Å². The molecule has 96 valence electrons. The first-order chi connectivity index (χ1) is 7.97. The van der Waals surface area contributed by atoms with E-state index < -0.39 is 0 Å². The van der Waals surface area contributed by atoms with E-state index in [4.69, 9.17) is 0 Å². The van der Waals surface area contributed by atoms with Crippen molar-refractivity contribution < 1.29 is 5.11 Å². The highest BCUT2D eigenvalue weighted by Gasteiger charge is 2.27. The Morgan fingerprint density at radius 2 is 1.71 bits per heavy atom. The summed E-state index contributed by atoms with van der Waals surface area (Å²) in [6.07, 6.45) is 0. The van der Waals surface area contributed by atoms with Crippen LogP contribution < -0.4 is 0 Å². The van der Waals surface area contributed by atoms with E-state index in [0.29, 0.717) is 5.92 Å². The molecule has 0 aromatic heterocycles. The van der Waals surface area contributed by atoms with Gasteiger partial charge in [-0.05, 0) is 37.7 Å². The van der Waals surface area contributed by atoms with Crippen LogP contribution in [0.3, 0.4) is 0 Å². The second-order valence-corrected chi connectivity index (χ2v) is 5.97. The Morgan fingerprint density at radius 3 is 2.06 bits per heavy atom. The van der Waals surface area contributed by atoms with E-state index in [9.17, 15) is 5.11 Å². The normalized spacial score (nSPS) is 15.3. The van der Waals surface area contributed by atoms with Gasteiger partial charge in [-0.25, -0.2) is 0 Å². The van der Waals surface area contributed by atoms with Crippen LogP contribution >= 0.6 is 15.9 Å². The third-order valence-electron chi connectivity index (χ3n) is 3.24. The predicted molar refractivity (Wildman–Crippen MR) is 76.0 cm³/mol. The third-order valence-corrected chi connectivity index (χ3v) is 3.77. The molecule has 0 saturated carbocycles. The number of hydrogen-bond acceptors (Lipinski definition) is 2. The largest absolute Gasteiger partial charge is 0.396 e. The Kier molecular flexibility index (Phi) is 5.63. The number of aliphatic hydroxyl groups is 1. The molecule has 1 aromatic rings. The van der Waals surface area contributed by atoms with Gasteiger partial charge in [-0.3, -0.25) is 0 Å². The molecular formula is C14H22BrNO. The molecule has 0 aliphatic carbocycles. The van der Waals surface area contributed by atoms with Gasteiger partial charge in [0.25, 0.3) is 0 Å². The monoisotopic (exact) mass is 299 g/mol. The lowest BCUT2D eigenvalue weighted by molar-refractivity contribution is 0.100. The van der Waals surface area contributed by atoms with Crippen LogP contribution in [-0.4, -0.2) is 30.7 Å². The molecule has 0 fully saturated rings. The summed E-state index contributed by atoms with van der Waals surface area (Å²) in [7, 11) is 4.13. The number of halogens is 1. The first-order valence-corrected chi connectivity index (χ1v) is 6.79. The Balaban J connectivity index is 3.03. The van der Waals surface area contributed by atoms with Crippen LogP contribution in [0.5, 0.6) is 0 Å². The smallest absolute Gasteiger partial charge is 0.0480 e. The number of aliphatic hydroxyl groups excluding tert-OH is 1. The molecule has 1 rings (SSSR count). The molecule has 2 unspecified atom stereocenters. The van der Waals surface area contributed by atoms with Gasteiger partial charge in [-0.15, -0.1) is 0 Å². The standard InChI is InChI=1S/C14H22BrNO/c1-10(2)13(9-17)14(16(3)4)11-5-7-12(15)8-6-11/h5-8,10,13-14,17H,9H2,1-4H3. The topological polar surface area (TPSA) is 23.5 Å². The molecule has 3 heteroatoms. The molecule has 0 saturated heterocycles. The molecule has 1 N–H and O–H groups in total. The highest BCUT2D eigenvalue weighted by Crippen LogP contribution is 2.32. The van der Waals surface area contributed by atoms with E-state index in [-0.39, 0.29) is 18.6 Å². The number of benzene rings is 1. The van der Waals surface area contributed by atoms with Gasteiger partial charge < -0.3 is 10.0 Å². The highest BCUT2D eigenvalue weighted by atomic mass is 79.9. The summed E-state index contributed by atoms with van der Waals surface area (Å²) in [5.41, 5.74) is 1.26. The fraction of sp³-hybridized carbons (Fsp3) is 0.571. The summed E-state index contributed by atoms with van der Waals surface area (Å²) < 4.78 is 1.09. The lowest BCUT2D eigenvalue weighted by Gasteiger charge is -2.34. The first-order valence-electron chi connectivity index (χ1n) is 6.00. The minimum absolute atomic E-state index is 0.219. The minimum atomic E-state index is 0.219. The van der Waals surface area contributed by atoms with Gasteiger partial charge in [0, 0.05) is 23.0 Å². The molecule has 0 amide bonds.